The lowest BCUT2D eigenvalue weighted by atomic mass is 9.62. The van der Waals surface area contributed by atoms with E-state index in [1.165, 1.54) is 0 Å². The molecule has 0 aromatic heterocycles. The third kappa shape index (κ3) is 1.28. The van der Waals surface area contributed by atoms with Crippen LogP contribution in [0.4, 0.5) is 0 Å². The van der Waals surface area contributed by atoms with Gasteiger partial charge in [-0.3, -0.25) is 0 Å². The van der Waals surface area contributed by atoms with Gasteiger partial charge >= 0.3 is 0 Å². The highest BCUT2D eigenvalue weighted by Crippen LogP contribution is 2.60. The van der Waals surface area contributed by atoms with Crippen molar-refractivity contribution in [3.05, 3.63) is 35.4 Å². The zero-order chi connectivity index (χ0) is 12.1. The second kappa shape index (κ2) is 3.35. The second-order valence-electron chi connectivity index (χ2n) is 6.66. The first-order valence-electron chi connectivity index (χ1n) is 6.39. The lowest BCUT2D eigenvalue weighted by Gasteiger charge is -2.41. The largest absolute Gasteiger partial charge is 0.0622 e. The molecule has 1 aliphatic carbocycles. The van der Waals surface area contributed by atoms with Crippen LogP contribution >= 0.6 is 0 Å². The van der Waals surface area contributed by atoms with Crippen molar-refractivity contribution in [2.24, 2.45) is 11.3 Å². The lowest BCUT2D eigenvalue weighted by molar-refractivity contribution is 0.152. The first-order chi connectivity index (χ1) is 7.30. The molecule has 1 atom stereocenters. The standard InChI is InChI=1S/C16H24/c1-11(2)14-12-9-7-8-10-13(12)15(3,4)16(14,5)6/h7-11,14H,1-6H3. The predicted octanol–water partition coefficient (Wildman–Crippen LogP) is 4.74. The van der Waals surface area contributed by atoms with Gasteiger partial charge in [-0.25, -0.2) is 0 Å². The van der Waals surface area contributed by atoms with E-state index in [2.05, 4.69) is 65.8 Å². The topological polar surface area (TPSA) is 0 Å². The Hall–Kier alpha value is -0.780. The van der Waals surface area contributed by atoms with Crippen molar-refractivity contribution in [2.45, 2.75) is 52.9 Å². The van der Waals surface area contributed by atoms with Gasteiger partial charge in [0.2, 0.25) is 0 Å². The highest BCUT2D eigenvalue weighted by molar-refractivity contribution is 5.45. The normalized spacial score (nSPS) is 25.8. The summed E-state index contributed by atoms with van der Waals surface area (Å²) in [5.74, 6) is 1.39. The number of benzene rings is 1. The van der Waals surface area contributed by atoms with Crippen LogP contribution < -0.4 is 0 Å². The number of fused-ring (bicyclic) bond motifs is 1. The maximum absolute atomic E-state index is 2.43. The zero-order valence-electron chi connectivity index (χ0n) is 11.5. The van der Waals surface area contributed by atoms with E-state index >= 15 is 0 Å². The van der Waals surface area contributed by atoms with Crippen LogP contribution in [-0.2, 0) is 5.41 Å². The Morgan fingerprint density at radius 3 is 2.12 bits per heavy atom. The summed E-state index contributed by atoms with van der Waals surface area (Å²) < 4.78 is 0. The van der Waals surface area contributed by atoms with Crippen molar-refractivity contribution in [1.29, 1.82) is 0 Å². The van der Waals surface area contributed by atoms with Crippen molar-refractivity contribution in [3.8, 4) is 0 Å². The van der Waals surface area contributed by atoms with Gasteiger partial charge in [0.1, 0.15) is 0 Å². The van der Waals surface area contributed by atoms with E-state index in [0.29, 0.717) is 17.3 Å². The van der Waals surface area contributed by atoms with Crippen LogP contribution in [-0.4, -0.2) is 0 Å². The minimum atomic E-state index is 0.276. The minimum absolute atomic E-state index is 0.276. The highest BCUT2D eigenvalue weighted by Gasteiger charge is 2.52. The van der Waals surface area contributed by atoms with Gasteiger partial charge in [0.15, 0.2) is 0 Å². The van der Waals surface area contributed by atoms with Gasteiger partial charge in [-0.15, -0.1) is 0 Å². The maximum atomic E-state index is 2.43. The Bertz CT molecular complexity index is 396. The molecule has 2 rings (SSSR count). The summed E-state index contributed by atoms with van der Waals surface area (Å²) in [6.45, 7) is 14.4. The Morgan fingerprint density at radius 1 is 1.00 bits per heavy atom. The number of rotatable bonds is 1. The summed E-state index contributed by atoms with van der Waals surface area (Å²) in [4.78, 5) is 0. The molecule has 16 heavy (non-hydrogen) atoms. The predicted molar refractivity (Wildman–Crippen MR) is 70.8 cm³/mol. The summed E-state index contributed by atoms with van der Waals surface area (Å²) >= 11 is 0. The average Bonchev–Trinajstić information content (AvgIpc) is 2.32. The quantitative estimate of drug-likeness (QED) is 0.636. The lowest BCUT2D eigenvalue weighted by Crippen LogP contribution is -2.36. The zero-order valence-corrected chi connectivity index (χ0v) is 11.5. The molecule has 0 nitrogen and oxygen atoms in total. The molecular weight excluding hydrogens is 192 g/mol. The van der Waals surface area contributed by atoms with Gasteiger partial charge in [0.05, 0.1) is 0 Å². The molecule has 0 radical (unpaired) electrons. The van der Waals surface area contributed by atoms with Crippen LogP contribution in [0.25, 0.3) is 0 Å². The maximum Gasteiger partial charge on any atom is -0.00437 e. The van der Waals surface area contributed by atoms with Crippen molar-refractivity contribution >= 4 is 0 Å². The van der Waals surface area contributed by atoms with Crippen LogP contribution in [0.15, 0.2) is 24.3 Å². The fourth-order valence-electron chi connectivity index (χ4n) is 3.65. The Kier molecular flexibility index (Phi) is 2.45. The molecule has 0 fully saturated rings. The van der Waals surface area contributed by atoms with E-state index < -0.39 is 0 Å². The van der Waals surface area contributed by atoms with Crippen molar-refractivity contribution < 1.29 is 0 Å². The molecule has 0 heterocycles. The summed E-state index contributed by atoms with van der Waals surface area (Å²) in [5, 5.41) is 0. The van der Waals surface area contributed by atoms with E-state index in [9.17, 15) is 0 Å². The van der Waals surface area contributed by atoms with Crippen LogP contribution in [0.1, 0.15) is 58.6 Å². The molecule has 1 aliphatic rings. The average molecular weight is 216 g/mol. The molecule has 0 saturated carbocycles. The van der Waals surface area contributed by atoms with Gasteiger partial charge < -0.3 is 0 Å². The summed E-state index contributed by atoms with van der Waals surface area (Å²) in [5.41, 5.74) is 3.75. The SMILES string of the molecule is CC(C)C1c2ccccc2C(C)(C)C1(C)C. The molecule has 0 N–H and O–H groups in total. The Balaban J connectivity index is 2.66. The number of hydrogen-bond acceptors (Lipinski definition) is 0. The number of hydrogen-bond donors (Lipinski definition) is 0. The van der Waals surface area contributed by atoms with Crippen molar-refractivity contribution in [3.63, 3.8) is 0 Å². The molecular formula is C16H24. The van der Waals surface area contributed by atoms with Crippen molar-refractivity contribution in [2.75, 3.05) is 0 Å². The van der Waals surface area contributed by atoms with E-state index in [1.54, 1.807) is 11.1 Å². The molecule has 0 saturated heterocycles. The molecule has 1 aromatic carbocycles. The van der Waals surface area contributed by atoms with Crippen LogP contribution in [0.2, 0.25) is 0 Å². The smallest absolute Gasteiger partial charge is 0.00437 e. The Labute approximate surface area is 100 Å². The molecule has 0 aliphatic heterocycles. The van der Waals surface area contributed by atoms with Crippen LogP contribution in [0.5, 0.6) is 0 Å². The van der Waals surface area contributed by atoms with E-state index in [1.807, 2.05) is 0 Å². The fraction of sp³-hybridized carbons (Fsp3) is 0.625. The van der Waals surface area contributed by atoms with Gasteiger partial charge in [-0.05, 0) is 33.8 Å². The first kappa shape index (κ1) is 11.7. The molecule has 0 amide bonds. The first-order valence-corrected chi connectivity index (χ1v) is 6.39. The molecule has 1 unspecified atom stereocenters. The molecule has 1 aromatic rings. The minimum Gasteiger partial charge on any atom is -0.0622 e. The third-order valence-corrected chi connectivity index (χ3v) is 5.02. The molecule has 0 bridgehead atoms. The van der Waals surface area contributed by atoms with Crippen molar-refractivity contribution in [1.82, 2.24) is 0 Å². The van der Waals surface area contributed by atoms with E-state index in [-0.39, 0.29) is 5.41 Å². The fourth-order valence-corrected chi connectivity index (χ4v) is 3.65. The molecule has 0 spiro atoms. The van der Waals surface area contributed by atoms with Gasteiger partial charge in [-0.2, -0.15) is 0 Å². The van der Waals surface area contributed by atoms with E-state index in [4.69, 9.17) is 0 Å². The summed E-state index contributed by atoms with van der Waals surface area (Å²) in [6.07, 6.45) is 0. The summed E-state index contributed by atoms with van der Waals surface area (Å²) in [6, 6.07) is 9.01. The third-order valence-electron chi connectivity index (χ3n) is 5.02. The molecule has 88 valence electrons. The second-order valence-corrected chi connectivity index (χ2v) is 6.66. The van der Waals surface area contributed by atoms with Crippen LogP contribution in [0.3, 0.4) is 0 Å². The van der Waals surface area contributed by atoms with Gasteiger partial charge in [0.25, 0.3) is 0 Å². The van der Waals surface area contributed by atoms with Gasteiger partial charge in [-0.1, -0.05) is 65.8 Å². The monoisotopic (exact) mass is 216 g/mol. The molecule has 0 heteroatoms. The highest BCUT2D eigenvalue weighted by atomic mass is 14.6. The van der Waals surface area contributed by atoms with Gasteiger partial charge in [0, 0.05) is 0 Å². The van der Waals surface area contributed by atoms with E-state index in [0.717, 1.165) is 0 Å². The summed E-state index contributed by atoms with van der Waals surface area (Å²) in [7, 11) is 0. The van der Waals surface area contributed by atoms with Crippen LogP contribution in [0, 0.1) is 11.3 Å². The Morgan fingerprint density at radius 2 is 1.56 bits per heavy atom.